The van der Waals surface area contributed by atoms with Crippen molar-refractivity contribution in [3.05, 3.63) is 71.2 Å². The van der Waals surface area contributed by atoms with Gasteiger partial charge in [0.2, 0.25) is 0 Å². The van der Waals surface area contributed by atoms with Crippen molar-refractivity contribution < 1.29 is 19.9 Å². The number of hydrogen-bond acceptors (Lipinski definition) is 9. The Balaban J connectivity index is 0.000000176. The highest BCUT2D eigenvalue weighted by Crippen LogP contribution is 2.39. The van der Waals surface area contributed by atoms with Crippen LogP contribution in [-0.4, -0.2) is 29.4 Å². The largest absolute Gasteiger partial charge is 0.497 e. The predicted octanol–water partition coefficient (Wildman–Crippen LogP) is 4.52. The van der Waals surface area contributed by atoms with E-state index in [2.05, 4.69) is 48.6 Å². The van der Waals surface area contributed by atoms with Gasteiger partial charge in [-0.3, -0.25) is 30.3 Å². The molecule has 12 nitrogen and oxygen atoms in total. The summed E-state index contributed by atoms with van der Waals surface area (Å²) in [6, 6.07) is 7.44. The highest BCUT2D eigenvalue weighted by atomic mass is 32.1. The molecule has 0 fully saturated rings. The number of phenolic OH excluding ortho intramolecular Hbond substituents is 1. The Hall–Kier alpha value is -4.13. The summed E-state index contributed by atoms with van der Waals surface area (Å²) in [5.74, 6) is -1.21. The maximum atomic E-state index is 10.4. The first-order valence-electron chi connectivity index (χ1n) is 8.63. The molecule has 160 valence electrons. The summed E-state index contributed by atoms with van der Waals surface area (Å²) in [4.78, 5) is 33.6. The molecule has 0 spiro atoms. The van der Waals surface area contributed by atoms with Crippen molar-refractivity contribution in [1.29, 1.82) is 0 Å². The van der Waals surface area contributed by atoms with E-state index >= 15 is 0 Å². The first-order valence-corrected chi connectivity index (χ1v) is 9.45. The Bertz CT molecular complexity index is 1340. The van der Waals surface area contributed by atoms with Crippen LogP contribution in [0.5, 0.6) is 5.75 Å². The van der Waals surface area contributed by atoms with Crippen LogP contribution in [0.25, 0.3) is 21.3 Å². The number of non-ortho nitro benzene ring substituents is 1. The SMILES string of the molecule is Cc1ccc2c(c1)c1nc(C)sc1n2C.O=[N+]([O-])c1cc([N+](=O)[O-])c(O)c([N+](=O)[O-])c1. The fourth-order valence-electron chi connectivity index (χ4n) is 3.03. The number of rotatable bonds is 3. The topological polar surface area (TPSA) is 167 Å². The lowest BCUT2D eigenvalue weighted by Gasteiger charge is -1.97. The number of aryl methyl sites for hydroxylation is 3. The molecule has 2 aromatic carbocycles. The molecule has 4 rings (SSSR count). The van der Waals surface area contributed by atoms with Crippen molar-refractivity contribution in [3.8, 4) is 5.75 Å². The van der Waals surface area contributed by atoms with Gasteiger partial charge in [0.25, 0.3) is 11.4 Å². The molecule has 0 saturated heterocycles. The molecular formula is C18H15N5O7S. The van der Waals surface area contributed by atoms with E-state index in [0.29, 0.717) is 12.1 Å². The smallest absolute Gasteiger partial charge is 0.324 e. The van der Waals surface area contributed by atoms with Gasteiger partial charge in [0.15, 0.2) is 0 Å². The lowest BCUT2D eigenvalue weighted by Crippen LogP contribution is -1.97. The highest BCUT2D eigenvalue weighted by Gasteiger charge is 2.30. The van der Waals surface area contributed by atoms with Crippen LogP contribution in [0.3, 0.4) is 0 Å². The van der Waals surface area contributed by atoms with Gasteiger partial charge in [0.1, 0.15) is 10.3 Å². The van der Waals surface area contributed by atoms with E-state index in [-0.39, 0.29) is 0 Å². The van der Waals surface area contributed by atoms with Crippen molar-refractivity contribution in [1.82, 2.24) is 9.55 Å². The third-order valence-corrected chi connectivity index (χ3v) is 5.50. The minimum absolute atomic E-state index is 0.447. The van der Waals surface area contributed by atoms with Crippen LogP contribution in [0.15, 0.2) is 30.3 Å². The second-order valence-corrected chi connectivity index (χ2v) is 7.75. The number of fused-ring (bicyclic) bond motifs is 3. The van der Waals surface area contributed by atoms with Gasteiger partial charge in [-0.1, -0.05) is 11.6 Å². The van der Waals surface area contributed by atoms with E-state index in [4.69, 9.17) is 5.11 Å². The summed E-state index contributed by atoms with van der Waals surface area (Å²) in [5, 5.41) is 42.6. The van der Waals surface area contributed by atoms with E-state index in [1.807, 2.05) is 0 Å². The predicted molar refractivity (Wildman–Crippen MR) is 114 cm³/mol. The molecule has 0 unspecified atom stereocenters. The molecule has 31 heavy (non-hydrogen) atoms. The number of aromatic hydroxyl groups is 1. The fourth-order valence-corrected chi connectivity index (χ4v) is 3.94. The van der Waals surface area contributed by atoms with Crippen LogP contribution in [0.1, 0.15) is 10.6 Å². The average molecular weight is 445 g/mol. The number of nitro groups is 3. The fraction of sp³-hybridized carbons (Fsp3) is 0.167. The Morgan fingerprint density at radius 2 is 1.55 bits per heavy atom. The van der Waals surface area contributed by atoms with Crippen molar-refractivity contribution in [2.45, 2.75) is 13.8 Å². The van der Waals surface area contributed by atoms with Gasteiger partial charge in [-0.05, 0) is 26.0 Å². The minimum Gasteiger partial charge on any atom is -0.497 e. The van der Waals surface area contributed by atoms with Crippen LogP contribution >= 0.6 is 11.3 Å². The maximum Gasteiger partial charge on any atom is 0.324 e. The van der Waals surface area contributed by atoms with Crippen LogP contribution in [0, 0.1) is 44.2 Å². The van der Waals surface area contributed by atoms with Crippen LogP contribution in [0.4, 0.5) is 17.1 Å². The molecule has 2 heterocycles. The zero-order chi connectivity index (χ0) is 23.0. The van der Waals surface area contributed by atoms with Gasteiger partial charge in [-0.25, -0.2) is 4.98 Å². The second kappa shape index (κ2) is 7.95. The summed E-state index contributed by atoms with van der Waals surface area (Å²) >= 11 is 1.76. The molecule has 0 aliphatic carbocycles. The molecular weight excluding hydrogens is 430 g/mol. The summed E-state index contributed by atoms with van der Waals surface area (Å²) in [7, 11) is 2.11. The zero-order valence-electron chi connectivity index (χ0n) is 16.4. The number of hydrogen-bond donors (Lipinski definition) is 1. The standard InChI is InChI=1S/C12H12N2S.C6H3N3O7/c1-7-4-5-10-9(6-7)11-12(14(10)3)15-8(2)13-11;10-6-4(8(13)14)1-3(7(11)12)2-5(6)9(15)16/h4-6H,1-3H3;1-2,10H. The Morgan fingerprint density at radius 1 is 0.968 bits per heavy atom. The number of nitro benzene ring substituents is 3. The van der Waals surface area contributed by atoms with Crippen LogP contribution in [0.2, 0.25) is 0 Å². The van der Waals surface area contributed by atoms with Gasteiger partial charge >= 0.3 is 11.4 Å². The summed E-state index contributed by atoms with van der Waals surface area (Å²) in [6.45, 7) is 4.18. The Morgan fingerprint density at radius 3 is 2.06 bits per heavy atom. The normalized spacial score (nSPS) is 10.7. The lowest BCUT2D eigenvalue weighted by atomic mass is 10.2. The first kappa shape index (κ1) is 21.6. The van der Waals surface area contributed by atoms with E-state index in [9.17, 15) is 30.3 Å². The summed E-state index contributed by atoms with van der Waals surface area (Å²) in [6.07, 6.45) is 0. The van der Waals surface area contributed by atoms with E-state index in [0.717, 1.165) is 10.5 Å². The molecule has 13 heteroatoms. The molecule has 2 aromatic heterocycles. The minimum atomic E-state index is -1.21. The average Bonchev–Trinajstić information content (AvgIpc) is 3.18. The van der Waals surface area contributed by atoms with Crippen molar-refractivity contribution in [2.24, 2.45) is 7.05 Å². The number of nitrogens with zero attached hydrogens (tertiary/aromatic N) is 5. The van der Waals surface area contributed by atoms with Crippen molar-refractivity contribution in [2.75, 3.05) is 0 Å². The van der Waals surface area contributed by atoms with Crippen LogP contribution in [-0.2, 0) is 7.05 Å². The first-order chi connectivity index (χ1) is 14.5. The quantitative estimate of drug-likeness (QED) is 0.354. The summed E-state index contributed by atoms with van der Waals surface area (Å²) in [5.41, 5.74) is 0.715. The molecule has 0 aliphatic rings. The van der Waals surface area contributed by atoms with Crippen LogP contribution < -0.4 is 0 Å². The second-order valence-electron chi connectivity index (χ2n) is 6.57. The molecule has 0 saturated carbocycles. The molecule has 0 aliphatic heterocycles. The summed E-state index contributed by atoms with van der Waals surface area (Å²) < 4.78 is 2.23. The molecule has 4 aromatic rings. The van der Waals surface area contributed by atoms with Gasteiger partial charge in [-0.2, -0.15) is 0 Å². The lowest BCUT2D eigenvalue weighted by molar-refractivity contribution is -0.404. The zero-order valence-corrected chi connectivity index (χ0v) is 17.2. The Kier molecular flexibility index (Phi) is 5.53. The molecule has 0 radical (unpaired) electrons. The number of aromatic nitrogens is 2. The molecule has 0 amide bonds. The number of thiazole rings is 1. The van der Waals surface area contributed by atoms with Crippen molar-refractivity contribution in [3.63, 3.8) is 0 Å². The van der Waals surface area contributed by atoms with Gasteiger partial charge < -0.3 is 9.67 Å². The monoisotopic (exact) mass is 445 g/mol. The van der Waals surface area contributed by atoms with Crippen molar-refractivity contribution >= 4 is 49.6 Å². The molecule has 0 atom stereocenters. The number of phenols is 1. The molecule has 0 bridgehead atoms. The van der Waals surface area contributed by atoms with E-state index < -0.39 is 37.6 Å². The third-order valence-electron chi connectivity index (χ3n) is 4.45. The maximum absolute atomic E-state index is 10.4. The van der Waals surface area contributed by atoms with Gasteiger partial charge in [0, 0.05) is 12.4 Å². The van der Waals surface area contributed by atoms with E-state index in [1.165, 1.54) is 21.3 Å². The van der Waals surface area contributed by atoms with Gasteiger partial charge in [0.05, 0.1) is 37.4 Å². The van der Waals surface area contributed by atoms with E-state index in [1.54, 1.807) is 11.3 Å². The number of benzene rings is 2. The Labute approximate surface area is 177 Å². The third kappa shape index (κ3) is 3.98. The van der Waals surface area contributed by atoms with Gasteiger partial charge in [-0.15, -0.1) is 11.3 Å². The highest BCUT2D eigenvalue weighted by molar-refractivity contribution is 7.18. The molecule has 1 N–H and O–H groups in total.